The number of fused-ring (bicyclic) bond motifs is 1. The third-order valence-corrected chi connectivity index (χ3v) is 3.52. The second-order valence-electron chi connectivity index (χ2n) is 5.58. The predicted octanol–water partition coefficient (Wildman–Crippen LogP) is -0.150. The van der Waals surface area contributed by atoms with E-state index in [4.69, 9.17) is 0 Å². The number of carbonyl (C=O) groups is 2. The second-order valence-corrected chi connectivity index (χ2v) is 5.58. The molecule has 2 rings (SSSR count). The van der Waals surface area contributed by atoms with Gasteiger partial charge in [0.1, 0.15) is 6.04 Å². The van der Waals surface area contributed by atoms with Gasteiger partial charge in [0.25, 0.3) is 5.56 Å². The number of nitrogens with one attached hydrogen (secondary N) is 1. The zero-order valence-corrected chi connectivity index (χ0v) is 13.0. The molecule has 0 aliphatic heterocycles. The minimum absolute atomic E-state index is 0.0415. The van der Waals surface area contributed by atoms with Crippen LogP contribution in [0.25, 0.3) is 10.9 Å². The number of hydrogen-bond donors (Lipinski definition) is 1. The molecule has 0 bridgehead atoms. The van der Waals surface area contributed by atoms with Gasteiger partial charge in [0, 0.05) is 18.9 Å². The van der Waals surface area contributed by atoms with E-state index in [1.165, 1.54) is 10.9 Å². The summed E-state index contributed by atoms with van der Waals surface area (Å²) in [5.74, 6) is -1.82. The van der Waals surface area contributed by atoms with Crippen LogP contribution in [0, 0.1) is 5.92 Å². The molecular formula is C16H18N3O4-. The summed E-state index contributed by atoms with van der Waals surface area (Å²) >= 11 is 0. The molecule has 0 unspecified atom stereocenters. The highest BCUT2D eigenvalue weighted by Gasteiger charge is 2.25. The van der Waals surface area contributed by atoms with Crippen molar-refractivity contribution >= 4 is 22.8 Å². The minimum Gasteiger partial charge on any atom is -0.550 e. The fourth-order valence-corrected chi connectivity index (χ4v) is 2.42. The SMILES string of the molecule is CC(C)[C@@H](C(=O)NCCC(=O)[O-])n1cnc2ccccc2c1=O. The third kappa shape index (κ3) is 3.74. The van der Waals surface area contributed by atoms with E-state index in [1.807, 2.05) is 13.8 Å². The van der Waals surface area contributed by atoms with E-state index in [0.717, 1.165) is 0 Å². The third-order valence-electron chi connectivity index (χ3n) is 3.52. The topological polar surface area (TPSA) is 104 Å². The largest absolute Gasteiger partial charge is 0.550 e. The molecule has 0 radical (unpaired) electrons. The molecule has 1 N–H and O–H groups in total. The first-order valence-electron chi connectivity index (χ1n) is 7.35. The van der Waals surface area contributed by atoms with E-state index < -0.39 is 17.9 Å². The highest BCUT2D eigenvalue weighted by atomic mass is 16.4. The van der Waals surface area contributed by atoms with Gasteiger partial charge in [0.2, 0.25) is 5.91 Å². The lowest BCUT2D eigenvalue weighted by atomic mass is 10.0. The zero-order chi connectivity index (χ0) is 17.0. The van der Waals surface area contributed by atoms with Crippen LogP contribution in [0.2, 0.25) is 0 Å². The lowest BCUT2D eigenvalue weighted by molar-refractivity contribution is -0.305. The molecule has 1 aromatic heterocycles. The normalized spacial score (nSPS) is 12.3. The van der Waals surface area contributed by atoms with Crippen molar-refractivity contribution in [1.82, 2.24) is 14.9 Å². The Morgan fingerprint density at radius 3 is 2.65 bits per heavy atom. The maximum atomic E-state index is 12.6. The summed E-state index contributed by atoms with van der Waals surface area (Å²) in [6.07, 6.45) is 1.08. The summed E-state index contributed by atoms with van der Waals surface area (Å²) in [5.41, 5.74) is 0.262. The van der Waals surface area contributed by atoms with Crippen molar-refractivity contribution in [3.63, 3.8) is 0 Å². The lowest BCUT2D eigenvalue weighted by Gasteiger charge is -2.22. The van der Waals surface area contributed by atoms with Crippen LogP contribution < -0.4 is 16.0 Å². The number of carboxylic acids is 1. The van der Waals surface area contributed by atoms with Gasteiger partial charge in [0.05, 0.1) is 17.2 Å². The number of aromatic nitrogens is 2. The molecule has 0 aliphatic carbocycles. The Morgan fingerprint density at radius 1 is 1.30 bits per heavy atom. The van der Waals surface area contributed by atoms with Crippen LogP contribution >= 0.6 is 0 Å². The minimum atomic E-state index is -1.24. The number of benzene rings is 1. The maximum Gasteiger partial charge on any atom is 0.261 e. The quantitative estimate of drug-likeness (QED) is 0.798. The first-order chi connectivity index (χ1) is 10.9. The standard InChI is InChI=1S/C16H19N3O4/c1-10(2)14(15(22)17-8-7-13(20)21)19-9-18-12-6-4-3-5-11(12)16(19)23/h3-6,9-10,14H,7-8H2,1-2H3,(H,17,22)(H,20,21)/p-1/t14-/m0/s1. The first kappa shape index (κ1) is 16.7. The van der Waals surface area contributed by atoms with E-state index in [-0.39, 0.29) is 24.4 Å². The van der Waals surface area contributed by atoms with E-state index in [9.17, 15) is 19.5 Å². The molecule has 7 nitrogen and oxygen atoms in total. The lowest BCUT2D eigenvalue weighted by Crippen LogP contribution is -2.41. The monoisotopic (exact) mass is 316 g/mol. The number of carbonyl (C=O) groups excluding carboxylic acids is 2. The Balaban J connectivity index is 2.34. The summed E-state index contributed by atoms with van der Waals surface area (Å²) in [6.45, 7) is 3.58. The summed E-state index contributed by atoms with van der Waals surface area (Å²) in [5, 5.41) is 13.4. The molecule has 1 atom stereocenters. The van der Waals surface area contributed by atoms with E-state index in [0.29, 0.717) is 10.9 Å². The Hall–Kier alpha value is -2.70. The van der Waals surface area contributed by atoms with Crippen molar-refractivity contribution in [1.29, 1.82) is 0 Å². The van der Waals surface area contributed by atoms with Crippen molar-refractivity contribution in [3.05, 3.63) is 40.9 Å². The van der Waals surface area contributed by atoms with Gasteiger partial charge in [-0.2, -0.15) is 0 Å². The molecule has 2 aromatic rings. The fraction of sp³-hybridized carbons (Fsp3) is 0.375. The Bertz CT molecular complexity index is 782. The van der Waals surface area contributed by atoms with Crippen LogP contribution in [0.3, 0.4) is 0 Å². The van der Waals surface area contributed by atoms with Crippen molar-refractivity contribution in [2.45, 2.75) is 26.3 Å². The van der Waals surface area contributed by atoms with Crippen molar-refractivity contribution < 1.29 is 14.7 Å². The summed E-state index contributed by atoms with van der Waals surface area (Å²) < 4.78 is 1.29. The van der Waals surface area contributed by atoms with Crippen molar-refractivity contribution in [2.24, 2.45) is 5.92 Å². The fourth-order valence-electron chi connectivity index (χ4n) is 2.42. The van der Waals surface area contributed by atoms with Crippen LogP contribution in [0.15, 0.2) is 35.4 Å². The van der Waals surface area contributed by atoms with Crippen LogP contribution in [-0.4, -0.2) is 28.0 Å². The number of carboxylic acid groups (broad SMARTS) is 1. The molecular weight excluding hydrogens is 298 g/mol. The molecule has 1 amide bonds. The van der Waals surface area contributed by atoms with Gasteiger partial charge in [-0.1, -0.05) is 26.0 Å². The van der Waals surface area contributed by atoms with E-state index >= 15 is 0 Å². The van der Waals surface area contributed by atoms with E-state index in [1.54, 1.807) is 24.3 Å². The highest BCUT2D eigenvalue weighted by molar-refractivity contribution is 5.82. The summed E-state index contributed by atoms with van der Waals surface area (Å²) in [6, 6.07) is 6.14. The van der Waals surface area contributed by atoms with Gasteiger partial charge in [0.15, 0.2) is 0 Å². The predicted molar refractivity (Wildman–Crippen MR) is 82.5 cm³/mol. The van der Waals surface area contributed by atoms with Gasteiger partial charge in [-0.3, -0.25) is 14.2 Å². The van der Waals surface area contributed by atoms with Gasteiger partial charge >= 0.3 is 0 Å². The molecule has 0 aliphatic rings. The van der Waals surface area contributed by atoms with Crippen molar-refractivity contribution in [3.8, 4) is 0 Å². The number of para-hydroxylation sites is 1. The molecule has 1 heterocycles. The van der Waals surface area contributed by atoms with Crippen LogP contribution in [0.4, 0.5) is 0 Å². The molecule has 7 heteroatoms. The molecule has 0 saturated carbocycles. The van der Waals surface area contributed by atoms with Crippen molar-refractivity contribution in [2.75, 3.05) is 6.54 Å². The van der Waals surface area contributed by atoms with Crippen LogP contribution in [-0.2, 0) is 9.59 Å². The second kappa shape index (κ2) is 7.04. The Kier molecular flexibility index (Phi) is 5.10. The van der Waals surface area contributed by atoms with Crippen LogP contribution in [0.5, 0.6) is 0 Å². The summed E-state index contributed by atoms with van der Waals surface area (Å²) in [4.78, 5) is 39.6. The molecule has 0 fully saturated rings. The maximum absolute atomic E-state index is 12.6. The molecule has 0 spiro atoms. The average Bonchev–Trinajstić information content (AvgIpc) is 2.49. The first-order valence-corrected chi connectivity index (χ1v) is 7.35. The molecule has 0 saturated heterocycles. The number of nitrogens with zero attached hydrogens (tertiary/aromatic N) is 2. The summed E-state index contributed by atoms with van der Waals surface area (Å²) in [7, 11) is 0. The Labute approximate surface area is 133 Å². The number of hydrogen-bond acceptors (Lipinski definition) is 5. The Morgan fingerprint density at radius 2 is 2.00 bits per heavy atom. The van der Waals surface area contributed by atoms with Gasteiger partial charge < -0.3 is 15.2 Å². The number of rotatable bonds is 6. The number of amides is 1. The molecule has 23 heavy (non-hydrogen) atoms. The van der Waals surface area contributed by atoms with Crippen LogP contribution in [0.1, 0.15) is 26.3 Å². The molecule has 1 aromatic carbocycles. The smallest absolute Gasteiger partial charge is 0.261 e. The van der Waals surface area contributed by atoms with E-state index in [2.05, 4.69) is 10.3 Å². The average molecular weight is 316 g/mol. The van der Waals surface area contributed by atoms with Gasteiger partial charge in [-0.25, -0.2) is 4.98 Å². The van der Waals surface area contributed by atoms with Gasteiger partial charge in [-0.15, -0.1) is 0 Å². The molecule has 122 valence electrons. The van der Waals surface area contributed by atoms with Gasteiger partial charge in [-0.05, 0) is 18.1 Å². The highest BCUT2D eigenvalue weighted by Crippen LogP contribution is 2.17. The zero-order valence-electron chi connectivity index (χ0n) is 13.0. The number of aliphatic carboxylic acids is 1.